The van der Waals surface area contributed by atoms with E-state index in [1.165, 1.54) is 0 Å². The van der Waals surface area contributed by atoms with Gasteiger partial charge in [-0.1, -0.05) is 13.3 Å². The topological polar surface area (TPSA) is 168 Å². The molecule has 1 aliphatic heterocycles. The lowest BCUT2D eigenvalue weighted by Gasteiger charge is -2.29. The number of primary amides is 1. The van der Waals surface area contributed by atoms with Crippen LogP contribution in [0.25, 0.3) is 0 Å². The number of hydrogen-bond acceptors (Lipinski definition) is 6. The van der Waals surface area contributed by atoms with Gasteiger partial charge in [0.05, 0.1) is 6.04 Å². The summed E-state index contributed by atoms with van der Waals surface area (Å²) in [6.07, 6.45) is 4.76. The fraction of sp³-hybridized carbons (Fsp3) is 0.789. The van der Waals surface area contributed by atoms with Gasteiger partial charge < -0.3 is 32.1 Å². The van der Waals surface area contributed by atoms with Crippen molar-refractivity contribution in [2.24, 2.45) is 11.5 Å². The van der Waals surface area contributed by atoms with Crippen LogP contribution in [0, 0.1) is 0 Å². The van der Waals surface area contributed by atoms with Gasteiger partial charge in [0.2, 0.25) is 17.7 Å². The number of amides is 3. The van der Waals surface area contributed by atoms with Crippen LogP contribution in [-0.2, 0) is 19.2 Å². The molecule has 0 bridgehead atoms. The number of nitrogens with zero attached hydrogens (tertiary/aromatic N) is 1. The molecule has 29 heavy (non-hydrogen) atoms. The SMILES string of the molecule is CC(=O)O.CCCN[C@@H](CCCCN)C(=O)N1CCC[C@H]1C(=O)N[C@H](C)C(N)=O. The number of carbonyl (C=O) groups is 4. The smallest absolute Gasteiger partial charge is 0.300 e. The van der Waals surface area contributed by atoms with Gasteiger partial charge in [0, 0.05) is 13.5 Å². The predicted molar refractivity (Wildman–Crippen MR) is 110 cm³/mol. The van der Waals surface area contributed by atoms with Crippen LogP contribution >= 0.6 is 0 Å². The van der Waals surface area contributed by atoms with Crippen molar-refractivity contribution in [3.63, 3.8) is 0 Å². The first-order valence-corrected chi connectivity index (χ1v) is 10.2. The zero-order valence-electron chi connectivity index (χ0n) is 17.8. The van der Waals surface area contributed by atoms with Crippen molar-refractivity contribution in [1.82, 2.24) is 15.5 Å². The minimum Gasteiger partial charge on any atom is -0.481 e. The quantitative estimate of drug-likeness (QED) is 0.285. The number of nitrogens with one attached hydrogen (secondary N) is 2. The van der Waals surface area contributed by atoms with Crippen LogP contribution in [0.2, 0.25) is 0 Å². The first-order valence-electron chi connectivity index (χ1n) is 10.2. The van der Waals surface area contributed by atoms with Crippen LogP contribution in [0.15, 0.2) is 0 Å². The molecule has 10 nitrogen and oxygen atoms in total. The average molecular weight is 416 g/mol. The molecular weight excluding hydrogens is 378 g/mol. The summed E-state index contributed by atoms with van der Waals surface area (Å²) < 4.78 is 0. The van der Waals surface area contributed by atoms with E-state index in [1.54, 1.807) is 11.8 Å². The second-order valence-corrected chi connectivity index (χ2v) is 7.13. The second kappa shape index (κ2) is 14.7. The molecule has 1 rings (SSSR count). The Labute approximate surface area is 172 Å². The maximum absolute atomic E-state index is 12.9. The molecule has 0 aromatic carbocycles. The highest BCUT2D eigenvalue weighted by atomic mass is 16.4. The molecule has 1 aliphatic rings. The van der Waals surface area contributed by atoms with Crippen LogP contribution in [-0.4, -0.2) is 71.5 Å². The number of aliphatic carboxylic acids is 1. The molecule has 0 unspecified atom stereocenters. The van der Waals surface area contributed by atoms with Gasteiger partial charge >= 0.3 is 0 Å². The van der Waals surface area contributed by atoms with E-state index in [9.17, 15) is 14.4 Å². The highest BCUT2D eigenvalue weighted by Gasteiger charge is 2.37. The molecule has 1 saturated heterocycles. The van der Waals surface area contributed by atoms with Crippen LogP contribution in [0.1, 0.15) is 59.3 Å². The molecule has 168 valence electrons. The zero-order chi connectivity index (χ0) is 22.4. The maximum Gasteiger partial charge on any atom is 0.300 e. The molecule has 3 amide bonds. The molecule has 0 spiro atoms. The number of likely N-dealkylation sites (tertiary alicyclic amines) is 1. The molecule has 1 fully saturated rings. The van der Waals surface area contributed by atoms with Crippen LogP contribution in [0.5, 0.6) is 0 Å². The molecule has 0 radical (unpaired) electrons. The zero-order valence-corrected chi connectivity index (χ0v) is 17.8. The van der Waals surface area contributed by atoms with E-state index in [-0.39, 0.29) is 17.9 Å². The number of carboxylic acids is 1. The minimum absolute atomic E-state index is 0.0464. The minimum atomic E-state index is -0.833. The number of carbonyl (C=O) groups excluding carboxylic acids is 3. The van der Waals surface area contributed by atoms with Gasteiger partial charge in [-0.15, -0.1) is 0 Å². The van der Waals surface area contributed by atoms with Crippen LogP contribution in [0.4, 0.5) is 0 Å². The largest absolute Gasteiger partial charge is 0.481 e. The maximum atomic E-state index is 12.9. The molecule has 7 N–H and O–H groups in total. The fourth-order valence-corrected chi connectivity index (χ4v) is 3.01. The van der Waals surface area contributed by atoms with Crippen molar-refractivity contribution in [2.45, 2.75) is 77.4 Å². The van der Waals surface area contributed by atoms with Gasteiger partial charge in [0.15, 0.2) is 0 Å². The van der Waals surface area contributed by atoms with E-state index < -0.39 is 24.0 Å². The van der Waals surface area contributed by atoms with Crippen molar-refractivity contribution in [3.8, 4) is 0 Å². The molecular formula is C19H37N5O5. The Hall–Kier alpha value is -2.20. The summed E-state index contributed by atoms with van der Waals surface area (Å²) in [6.45, 7) is 6.59. The van der Waals surface area contributed by atoms with Gasteiger partial charge in [0.1, 0.15) is 12.1 Å². The normalized spacial score (nSPS) is 17.7. The third-order valence-corrected chi connectivity index (χ3v) is 4.51. The van der Waals surface area contributed by atoms with Crippen molar-refractivity contribution >= 4 is 23.7 Å². The summed E-state index contributed by atoms with van der Waals surface area (Å²) in [5.74, 6) is -1.78. The van der Waals surface area contributed by atoms with Crippen LogP contribution in [0.3, 0.4) is 0 Å². The Morgan fingerprint density at radius 3 is 2.38 bits per heavy atom. The Balaban J connectivity index is 0.00000178. The van der Waals surface area contributed by atoms with Crippen molar-refractivity contribution in [2.75, 3.05) is 19.6 Å². The van der Waals surface area contributed by atoms with E-state index in [0.29, 0.717) is 25.9 Å². The van der Waals surface area contributed by atoms with Crippen molar-refractivity contribution in [1.29, 1.82) is 0 Å². The summed E-state index contributed by atoms with van der Waals surface area (Å²) in [5.41, 5.74) is 10.7. The molecule has 0 aromatic rings. The predicted octanol–water partition coefficient (Wildman–Crippen LogP) is -0.444. The standard InChI is InChI=1S/C17H33N5O3.C2H4O2/c1-3-10-20-13(7-4-5-9-18)17(25)22-11-6-8-14(22)16(24)21-12(2)15(19)23;1-2(3)4/h12-14,20H,3-11,18H2,1-2H3,(H2,19,23)(H,21,24);1H3,(H,3,4)/t12-,13+,14+;/m1./s1. The van der Waals surface area contributed by atoms with Gasteiger partial charge in [-0.2, -0.15) is 0 Å². The molecule has 0 saturated carbocycles. The van der Waals surface area contributed by atoms with E-state index in [2.05, 4.69) is 10.6 Å². The molecule has 0 aromatic heterocycles. The van der Waals surface area contributed by atoms with Gasteiger partial charge in [-0.25, -0.2) is 0 Å². The lowest BCUT2D eigenvalue weighted by atomic mass is 10.1. The number of hydrogen-bond donors (Lipinski definition) is 5. The highest BCUT2D eigenvalue weighted by Crippen LogP contribution is 2.20. The Morgan fingerprint density at radius 1 is 1.24 bits per heavy atom. The van der Waals surface area contributed by atoms with Crippen LogP contribution < -0.4 is 22.1 Å². The first-order chi connectivity index (χ1) is 13.6. The molecule has 10 heteroatoms. The molecule has 3 atom stereocenters. The molecule has 1 heterocycles. The molecule has 0 aliphatic carbocycles. The van der Waals surface area contributed by atoms with Crippen molar-refractivity contribution in [3.05, 3.63) is 0 Å². The van der Waals surface area contributed by atoms with Gasteiger partial charge in [-0.05, 0) is 52.1 Å². The number of rotatable bonds is 11. The number of unbranched alkanes of at least 4 members (excludes halogenated alkanes) is 1. The summed E-state index contributed by atoms with van der Waals surface area (Å²) in [5, 5.41) is 13.3. The first kappa shape index (κ1) is 26.8. The lowest BCUT2D eigenvalue weighted by Crippen LogP contribution is -2.54. The van der Waals surface area contributed by atoms with E-state index in [0.717, 1.165) is 39.2 Å². The van der Waals surface area contributed by atoms with Crippen molar-refractivity contribution < 1.29 is 24.3 Å². The fourth-order valence-electron chi connectivity index (χ4n) is 3.01. The number of nitrogens with two attached hydrogens (primary N) is 2. The van der Waals surface area contributed by atoms with E-state index >= 15 is 0 Å². The Morgan fingerprint density at radius 2 is 1.86 bits per heavy atom. The van der Waals surface area contributed by atoms with Gasteiger partial charge in [0.25, 0.3) is 5.97 Å². The third-order valence-electron chi connectivity index (χ3n) is 4.51. The summed E-state index contributed by atoms with van der Waals surface area (Å²) in [7, 11) is 0. The highest BCUT2D eigenvalue weighted by molar-refractivity contribution is 5.93. The average Bonchev–Trinajstić information content (AvgIpc) is 3.13. The van der Waals surface area contributed by atoms with E-state index in [1.807, 2.05) is 6.92 Å². The van der Waals surface area contributed by atoms with Gasteiger partial charge in [-0.3, -0.25) is 19.2 Å². The lowest BCUT2D eigenvalue weighted by molar-refractivity contribution is -0.140. The Kier molecular flexibility index (Phi) is 13.6. The monoisotopic (exact) mass is 415 g/mol. The summed E-state index contributed by atoms with van der Waals surface area (Å²) in [6, 6.07) is -1.58. The van der Waals surface area contributed by atoms with E-state index in [4.69, 9.17) is 21.4 Å². The third kappa shape index (κ3) is 10.8. The summed E-state index contributed by atoms with van der Waals surface area (Å²) in [4.78, 5) is 47.1. The second-order valence-electron chi connectivity index (χ2n) is 7.13. The summed E-state index contributed by atoms with van der Waals surface area (Å²) >= 11 is 0. The Bertz CT molecular complexity index is 539. The number of carboxylic acid groups (broad SMARTS) is 1.